The normalized spacial score (nSPS) is 14.2. The minimum absolute atomic E-state index is 0.500. The average molecular weight is 387 g/mol. The molecule has 2 N–H and O–H groups in total. The van der Waals surface area contributed by atoms with Gasteiger partial charge in [0, 0.05) is 31.1 Å². The molecule has 0 fully saturated rings. The monoisotopic (exact) mass is 386 g/mol. The molecule has 3 rings (SSSR count). The quantitative estimate of drug-likeness (QED) is 0.561. The Hall–Kier alpha value is -2.77. The summed E-state index contributed by atoms with van der Waals surface area (Å²) in [6.45, 7) is 4.92. The lowest BCUT2D eigenvalue weighted by atomic mass is 10.2. The largest absolute Gasteiger partial charge is 0.497 e. The van der Waals surface area contributed by atoms with Crippen molar-refractivity contribution < 1.29 is 9.47 Å². The molecule has 0 bridgehead atoms. The first-order valence-electron chi connectivity index (χ1n) is 9.89. The van der Waals surface area contributed by atoms with Gasteiger partial charge in [0.2, 0.25) is 0 Å². The molecule has 0 saturated heterocycles. The molecule has 152 valence electrons. The number of aryl methyl sites for hydroxylation is 1. The van der Waals surface area contributed by atoms with Crippen molar-refractivity contribution in [2.45, 2.75) is 52.2 Å². The number of fused-ring (bicyclic) bond motifs is 1. The van der Waals surface area contributed by atoms with Crippen LogP contribution in [0.3, 0.4) is 0 Å². The van der Waals surface area contributed by atoms with Crippen molar-refractivity contribution in [3.8, 4) is 11.5 Å². The Kier molecular flexibility index (Phi) is 7.11. The summed E-state index contributed by atoms with van der Waals surface area (Å²) in [5.74, 6) is 4.33. The van der Waals surface area contributed by atoms with E-state index < -0.39 is 0 Å². The molecule has 0 amide bonds. The van der Waals surface area contributed by atoms with Gasteiger partial charge < -0.3 is 24.7 Å². The molecule has 2 heterocycles. The number of methoxy groups -OCH3 is 2. The topological polar surface area (TPSA) is 85.6 Å². The highest BCUT2D eigenvalue weighted by atomic mass is 16.5. The van der Waals surface area contributed by atoms with Gasteiger partial charge in [-0.3, -0.25) is 0 Å². The van der Waals surface area contributed by atoms with Gasteiger partial charge in [0.15, 0.2) is 11.8 Å². The fraction of sp³-hybridized carbons (Fsp3) is 0.550. The molecule has 8 heteroatoms. The predicted molar refractivity (Wildman–Crippen MR) is 109 cm³/mol. The van der Waals surface area contributed by atoms with E-state index in [0.29, 0.717) is 13.1 Å². The summed E-state index contributed by atoms with van der Waals surface area (Å²) >= 11 is 0. The molecule has 0 radical (unpaired) electrons. The summed E-state index contributed by atoms with van der Waals surface area (Å²) in [6, 6.07) is 5.76. The van der Waals surface area contributed by atoms with Crippen LogP contribution < -0.4 is 20.1 Å². The van der Waals surface area contributed by atoms with Gasteiger partial charge in [-0.05, 0) is 31.9 Å². The smallest absolute Gasteiger partial charge is 0.191 e. The molecule has 0 unspecified atom stereocenters. The SMILES string of the molecule is CCNC(=NCc1ccc(OC)cc1OC)NCc1nnc2n1CCCCC2. The lowest BCUT2D eigenvalue weighted by Gasteiger charge is -2.13. The summed E-state index contributed by atoms with van der Waals surface area (Å²) in [5, 5.41) is 15.4. The molecule has 2 aromatic rings. The van der Waals surface area contributed by atoms with Crippen LogP contribution in [0.1, 0.15) is 43.4 Å². The summed E-state index contributed by atoms with van der Waals surface area (Å²) < 4.78 is 13.0. The first-order valence-corrected chi connectivity index (χ1v) is 9.89. The summed E-state index contributed by atoms with van der Waals surface area (Å²) in [4.78, 5) is 4.69. The Morgan fingerprint density at radius 1 is 1.14 bits per heavy atom. The van der Waals surface area contributed by atoms with Gasteiger partial charge in [0.1, 0.15) is 17.3 Å². The molecule has 1 aliphatic heterocycles. The van der Waals surface area contributed by atoms with E-state index in [4.69, 9.17) is 14.5 Å². The average Bonchev–Trinajstić information content (AvgIpc) is 2.95. The van der Waals surface area contributed by atoms with Crippen molar-refractivity contribution in [1.82, 2.24) is 25.4 Å². The van der Waals surface area contributed by atoms with Crippen LogP contribution in [0.4, 0.5) is 0 Å². The Balaban J connectivity index is 1.68. The van der Waals surface area contributed by atoms with Gasteiger partial charge in [-0.25, -0.2) is 4.99 Å². The van der Waals surface area contributed by atoms with Crippen LogP contribution in [0.25, 0.3) is 0 Å². The molecule has 1 aromatic heterocycles. The number of guanidine groups is 1. The Morgan fingerprint density at radius 3 is 2.82 bits per heavy atom. The predicted octanol–water partition coefficient (Wildman–Crippen LogP) is 2.28. The highest BCUT2D eigenvalue weighted by Crippen LogP contribution is 2.25. The zero-order valence-electron chi connectivity index (χ0n) is 17.0. The molecule has 1 aliphatic rings. The number of hydrogen-bond acceptors (Lipinski definition) is 5. The van der Waals surface area contributed by atoms with Crippen LogP contribution in [0, 0.1) is 0 Å². The molecule has 28 heavy (non-hydrogen) atoms. The number of aliphatic imine (C=N–C) groups is 1. The van der Waals surface area contributed by atoms with Crippen molar-refractivity contribution >= 4 is 5.96 Å². The summed E-state index contributed by atoms with van der Waals surface area (Å²) in [6.07, 6.45) is 4.64. The Morgan fingerprint density at radius 2 is 2.04 bits per heavy atom. The third kappa shape index (κ3) is 4.94. The van der Waals surface area contributed by atoms with Gasteiger partial charge in [-0.15, -0.1) is 10.2 Å². The van der Waals surface area contributed by atoms with E-state index in [1.54, 1.807) is 14.2 Å². The van der Waals surface area contributed by atoms with Crippen molar-refractivity contribution in [1.29, 1.82) is 0 Å². The van der Waals surface area contributed by atoms with E-state index in [1.165, 1.54) is 19.3 Å². The van der Waals surface area contributed by atoms with Gasteiger partial charge in [-0.2, -0.15) is 0 Å². The van der Waals surface area contributed by atoms with E-state index in [9.17, 15) is 0 Å². The molecule has 8 nitrogen and oxygen atoms in total. The minimum atomic E-state index is 0.500. The zero-order chi connectivity index (χ0) is 19.8. The van der Waals surface area contributed by atoms with Crippen molar-refractivity contribution in [3.05, 3.63) is 35.4 Å². The number of hydrogen-bond donors (Lipinski definition) is 2. The molecule has 0 aliphatic carbocycles. The number of nitrogens with one attached hydrogen (secondary N) is 2. The van der Waals surface area contributed by atoms with Crippen molar-refractivity contribution in [3.63, 3.8) is 0 Å². The van der Waals surface area contributed by atoms with Crippen LogP contribution in [0.2, 0.25) is 0 Å². The van der Waals surface area contributed by atoms with Crippen molar-refractivity contribution in [2.24, 2.45) is 4.99 Å². The second-order valence-electron chi connectivity index (χ2n) is 6.72. The molecule has 1 aromatic carbocycles. The van der Waals surface area contributed by atoms with E-state index >= 15 is 0 Å². The zero-order valence-corrected chi connectivity index (χ0v) is 17.0. The van der Waals surface area contributed by atoms with Gasteiger partial charge in [0.05, 0.1) is 27.3 Å². The van der Waals surface area contributed by atoms with Crippen LogP contribution in [0.5, 0.6) is 11.5 Å². The summed E-state index contributed by atoms with van der Waals surface area (Å²) in [7, 11) is 3.30. The molecule has 0 saturated carbocycles. The van der Waals surface area contributed by atoms with Crippen LogP contribution >= 0.6 is 0 Å². The second-order valence-corrected chi connectivity index (χ2v) is 6.72. The number of nitrogens with zero attached hydrogens (tertiary/aromatic N) is 4. The summed E-state index contributed by atoms with van der Waals surface area (Å²) in [5.41, 5.74) is 0.997. The molecule has 0 spiro atoms. The molecular formula is C20H30N6O2. The third-order valence-electron chi connectivity index (χ3n) is 4.85. The molecular weight excluding hydrogens is 356 g/mol. The highest BCUT2D eigenvalue weighted by molar-refractivity contribution is 5.79. The van der Waals surface area contributed by atoms with Crippen LogP contribution in [-0.4, -0.2) is 41.5 Å². The Bertz CT molecular complexity index is 802. The maximum Gasteiger partial charge on any atom is 0.191 e. The maximum absolute atomic E-state index is 5.46. The lowest BCUT2D eigenvalue weighted by molar-refractivity contribution is 0.391. The first kappa shape index (κ1) is 20.0. The minimum Gasteiger partial charge on any atom is -0.497 e. The fourth-order valence-corrected chi connectivity index (χ4v) is 3.33. The van der Waals surface area contributed by atoms with E-state index in [0.717, 1.165) is 54.2 Å². The maximum atomic E-state index is 5.46. The van der Waals surface area contributed by atoms with E-state index in [-0.39, 0.29) is 0 Å². The molecule has 0 atom stereocenters. The lowest BCUT2D eigenvalue weighted by Crippen LogP contribution is -2.37. The highest BCUT2D eigenvalue weighted by Gasteiger charge is 2.14. The Labute approximate surface area is 166 Å². The van der Waals surface area contributed by atoms with Crippen molar-refractivity contribution in [2.75, 3.05) is 20.8 Å². The van der Waals surface area contributed by atoms with E-state index in [1.807, 2.05) is 25.1 Å². The van der Waals surface area contributed by atoms with Crippen LogP contribution in [0.15, 0.2) is 23.2 Å². The van der Waals surface area contributed by atoms with Gasteiger partial charge in [-0.1, -0.05) is 6.42 Å². The number of ether oxygens (including phenoxy) is 2. The van der Waals surface area contributed by atoms with E-state index in [2.05, 4.69) is 25.4 Å². The van der Waals surface area contributed by atoms with Gasteiger partial charge in [0.25, 0.3) is 0 Å². The van der Waals surface area contributed by atoms with Gasteiger partial charge >= 0.3 is 0 Å². The number of rotatable bonds is 7. The fourth-order valence-electron chi connectivity index (χ4n) is 3.33. The van der Waals surface area contributed by atoms with Crippen LogP contribution in [-0.2, 0) is 26.1 Å². The third-order valence-corrected chi connectivity index (χ3v) is 4.85. The number of benzene rings is 1. The number of aromatic nitrogens is 3. The standard InChI is InChI=1S/C20H30N6O2/c1-4-21-20(22-13-15-9-10-16(27-2)12-17(15)28-3)23-14-19-25-24-18-8-6-5-7-11-26(18)19/h9-10,12H,4-8,11,13-14H2,1-3H3,(H2,21,22,23). The second kappa shape index (κ2) is 9.96. The first-order chi connectivity index (χ1) is 13.7.